The van der Waals surface area contributed by atoms with Crippen LogP contribution in [-0.4, -0.2) is 34.5 Å². The van der Waals surface area contributed by atoms with Crippen molar-refractivity contribution in [2.24, 2.45) is 0 Å². The first-order chi connectivity index (χ1) is 8.25. The Bertz CT molecular complexity index is 346. The molecule has 0 saturated heterocycles. The first kappa shape index (κ1) is 19.7. The van der Waals surface area contributed by atoms with Crippen LogP contribution < -0.4 is 0 Å². The average molecular weight is 371 g/mol. The molecule has 0 rings (SSSR count). The summed E-state index contributed by atoms with van der Waals surface area (Å²) >= 11 is 7.34. The molecule has 2 unspecified atom stereocenters. The Hall–Kier alpha value is -0.260. The highest BCUT2D eigenvalue weighted by atomic mass is 35.5. The molecule has 0 aliphatic carbocycles. The van der Waals surface area contributed by atoms with E-state index in [1.165, 1.54) is 0 Å². The second-order valence-electron chi connectivity index (χ2n) is 3.30. The molecule has 0 amide bonds. The van der Waals surface area contributed by atoms with Crippen molar-refractivity contribution >= 4 is 23.2 Å². The summed E-state index contributed by atoms with van der Waals surface area (Å²) in [4.78, 5) is 0. The van der Waals surface area contributed by atoms with Crippen LogP contribution in [0.1, 0.15) is 0 Å². The zero-order chi connectivity index (χ0) is 17.0. The van der Waals surface area contributed by atoms with Crippen molar-refractivity contribution in [1.82, 2.24) is 0 Å². The fourth-order valence-corrected chi connectivity index (χ4v) is 1.36. The summed E-state index contributed by atoms with van der Waals surface area (Å²) in [6, 6.07) is 0. The highest BCUT2D eigenvalue weighted by Gasteiger charge is 2.91. The van der Waals surface area contributed by atoms with E-state index in [2.05, 4.69) is 23.2 Å². The molecule has 122 valence electrons. The molecular weight excluding hydrogens is 371 g/mol. The minimum Gasteiger partial charge on any atom is -0.218 e. The lowest BCUT2D eigenvalue weighted by atomic mass is 9.93. The number of hydrogen-bond donors (Lipinski definition) is 0. The molecule has 2 atom stereocenters. The third-order valence-electron chi connectivity index (χ3n) is 1.96. The second kappa shape index (κ2) is 4.62. The summed E-state index contributed by atoms with van der Waals surface area (Å²) in [5, 5.41) is -13.3. The first-order valence-electron chi connectivity index (χ1n) is 3.90. The summed E-state index contributed by atoms with van der Waals surface area (Å²) < 4.78 is 147. The molecule has 0 aliphatic rings. The fraction of sp³-hybridized carbons (Fsp3) is 1.00. The lowest BCUT2D eigenvalue weighted by Crippen LogP contribution is -2.71. The normalized spacial score (nSPS) is 21.3. The number of halogens is 14. The predicted octanol–water partition coefficient (Wildman–Crippen LogP) is 5.19. The van der Waals surface area contributed by atoms with Crippen molar-refractivity contribution in [3.63, 3.8) is 0 Å². The van der Waals surface area contributed by atoms with Crippen LogP contribution in [0, 0.1) is 0 Å². The van der Waals surface area contributed by atoms with Crippen LogP contribution in [0.3, 0.4) is 0 Å². The minimum absolute atomic E-state index is 3.66. The van der Waals surface area contributed by atoms with Gasteiger partial charge in [-0.3, -0.25) is 0 Å². The fourth-order valence-electron chi connectivity index (χ4n) is 0.911. The smallest absolute Gasteiger partial charge is 0.218 e. The molecule has 0 fully saturated rings. The molecule has 0 aromatic carbocycles. The van der Waals surface area contributed by atoms with E-state index in [0.29, 0.717) is 0 Å². The Kier molecular flexibility index (Phi) is 4.56. The van der Waals surface area contributed by atoms with E-state index < -0.39 is 34.5 Å². The van der Waals surface area contributed by atoms with Gasteiger partial charge in [0.25, 0.3) is 5.13 Å². The van der Waals surface area contributed by atoms with Gasteiger partial charge < -0.3 is 0 Å². The Labute approximate surface area is 111 Å². The molecule has 0 bridgehead atoms. The van der Waals surface area contributed by atoms with E-state index >= 15 is 0 Å². The summed E-state index contributed by atoms with van der Waals surface area (Å²) in [7, 11) is 0. The highest BCUT2D eigenvalue weighted by Crippen LogP contribution is 2.63. The van der Waals surface area contributed by atoms with E-state index in [0.717, 1.165) is 0 Å². The first-order valence-corrected chi connectivity index (χ1v) is 4.65. The molecule has 20 heavy (non-hydrogen) atoms. The molecule has 0 aromatic rings. The summed E-state index contributed by atoms with van der Waals surface area (Å²) in [5.41, 5.74) is -7.42. The number of hydrogen-bond acceptors (Lipinski definition) is 0. The summed E-state index contributed by atoms with van der Waals surface area (Å²) in [5.74, 6) is 0. The lowest BCUT2D eigenvalue weighted by Gasteiger charge is -2.42. The molecule has 0 saturated carbocycles. The van der Waals surface area contributed by atoms with Crippen LogP contribution in [0.15, 0.2) is 0 Å². The average Bonchev–Trinajstić information content (AvgIpc) is 2.10. The Morgan fingerprint density at radius 1 is 0.400 bits per heavy atom. The third kappa shape index (κ3) is 2.48. The summed E-state index contributed by atoms with van der Waals surface area (Å²) in [6.45, 7) is 0. The van der Waals surface area contributed by atoms with Crippen LogP contribution in [0.5, 0.6) is 0 Å². The van der Waals surface area contributed by atoms with Gasteiger partial charge >= 0.3 is 29.3 Å². The highest BCUT2D eigenvalue weighted by molar-refractivity contribution is 6.34. The van der Waals surface area contributed by atoms with E-state index in [4.69, 9.17) is 0 Å². The SMILES string of the molecule is FC(F)(F)C(F)(Cl)C(F)(Cl)C(F)(C(F)(F)F)C(F)(F)F. The molecular formula is C6Cl2F12. The van der Waals surface area contributed by atoms with Crippen LogP contribution in [0.2, 0.25) is 0 Å². The Morgan fingerprint density at radius 2 is 0.650 bits per heavy atom. The minimum atomic E-state index is -7.42. The van der Waals surface area contributed by atoms with Gasteiger partial charge in [-0.15, -0.1) is 0 Å². The maximum atomic E-state index is 13.1. The molecule has 0 spiro atoms. The topological polar surface area (TPSA) is 0 Å². The Balaban J connectivity index is 6.38. The third-order valence-corrected chi connectivity index (χ3v) is 3.06. The van der Waals surface area contributed by atoms with Gasteiger partial charge in [-0.2, -0.15) is 39.5 Å². The molecule has 14 heteroatoms. The quantitative estimate of drug-likeness (QED) is 0.463. The van der Waals surface area contributed by atoms with Gasteiger partial charge in [-0.25, -0.2) is 13.2 Å². The maximum absolute atomic E-state index is 13.1. The monoisotopic (exact) mass is 370 g/mol. The molecule has 0 heterocycles. The summed E-state index contributed by atoms with van der Waals surface area (Å²) in [6.07, 6.45) is -21.6. The molecule has 0 aromatic heterocycles. The largest absolute Gasteiger partial charge is 0.441 e. The lowest BCUT2D eigenvalue weighted by molar-refractivity contribution is -0.383. The molecule has 0 aliphatic heterocycles. The van der Waals surface area contributed by atoms with E-state index in [9.17, 15) is 52.7 Å². The van der Waals surface area contributed by atoms with Gasteiger partial charge in [0.15, 0.2) is 0 Å². The van der Waals surface area contributed by atoms with E-state index in [1.54, 1.807) is 0 Å². The van der Waals surface area contributed by atoms with Crippen LogP contribution in [0.25, 0.3) is 0 Å². The molecule has 0 N–H and O–H groups in total. The second-order valence-corrected chi connectivity index (χ2v) is 4.34. The van der Waals surface area contributed by atoms with Crippen molar-refractivity contribution in [3.05, 3.63) is 0 Å². The standard InChI is InChI=1S/C6Cl2F12/c7-2(10,3(8,11)6(18,19)20)1(9,4(12,13)14)5(15,16)17. The van der Waals surface area contributed by atoms with Crippen LogP contribution in [0.4, 0.5) is 52.7 Å². The van der Waals surface area contributed by atoms with Crippen molar-refractivity contribution in [1.29, 1.82) is 0 Å². The van der Waals surface area contributed by atoms with Crippen LogP contribution >= 0.6 is 23.2 Å². The van der Waals surface area contributed by atoms with Gasteiger partial charge in [0, 0.05) is 0 Å². The van der Waals surface area contributed by atoms with Gasteiger partial charge in [-0.1, -0.05) is 23.2 Å². The molecule has 0 radical (unpaired) electrons. The van der Waals surface area contributed by atoms with Gasteiger partial charge in [-0.05, 0) is 0 Å². The van der Waals surface area contributed by atoms with Crippen molar-refractivity contribution < 1.29 is 52.7 Å². The maximum Gasteiger partial charge on any atom is 0.441 e. The zero-order valence-corrected chi connectivity index (χ0v) is 9.80. The van der Waals surface area contributed by atoms with Gasteiger partial charge in [0.1, 0.15) is 0 Å². The number of alkyl halides is 14. The predicted molar refractivity (Wildman–Crippen MR) is 41.4 cm³/mol. The van der Waals surface area contributed by atoms with Crippen molar-refractivity contribution in [2.75, 3.05) is 0 Å². The zero-order valence-electron chi connectivity index (χ0n) is 8.29. The van der Waals surface area contributed by atoms with Crippen LogP contribution in [-0.2, 0) is 0 Å². The van der Waals surface area contributed by atoms with E-state index in [1.807, 2.05) is 0 Å². The number of rotatable bonds is 2. The van der Waals surface area contributed by atoms with Gasteiger partial charge in [0.05, 0.1) is 0 Å². The Morgan fingerprint density at radius 3 is 0.800 bits per heavy atom. The van der Waals surface area contributed by atoms with Crippen molar-refractivity contribution in [3.8, 4) is 0 Å². The van der Waals surface area contributed by atoms with Crippen molar-refractivity contribution in [2.45, 2.75) is 34.5 Å². The molecule has 0 nitrogen and oxygen atoms in total. The van der Waals surface area contributed by atoms with Gasteiger partial charge in [0.2, 0.25) is 0 Å². The van der Waals surface area contributed by atoms with E-state index in [-0.39, 0.29) is 0 Å².